The van der Waals surface area contributed by atoms with Gasteiger partial charge in [0.1, 0.15) is 11.7 Å². The number of aromatic nitrogens is 1. The highest BCUT2D eigenvalue weighted by atomic mass is 35.5. The Kier molecular flexibility index (Phi) is 3.71. The molecule has 0 fully saturated rings. The Morgan fingerprint density at radius 1 is 1.71 bits per heavy atom. The van der Waals surface area contributed by atoms with E-state index in [-0.39, 0.29) is 5.84 Å². The maximum absolute atomic E-state index is 7.29. The van der Waals surface area contributed by atoms with E-state index in [1.807, 2.05) is 0 Å². The van der Waals surface area contributed by atoms with Gasteiger partial charge in [-0.15, -0.1) is 0 Å². The predicted molar refractivity (Wildman–Crippen MR) is 59.0 cm³/mol. The second-order valence-electron chi connectivity index (χ2n) is 2.86. The SMILES string of the molecule is CCCNc1nccc(C(=N)N)c1Cl. The molecular formula is C9H13ClN4. The molecule has 1 aromatic rings. The van der Waals surface area contributed by atoms with Gasteiger partial charge in [-0.3, -0.25) is 5.41 Å². The van der Waals surface area contributed by atoms with Crippen LogP contribution >= 0.6 is 11.6 Å². The number of nitrogen functional groups attached to an aromatic ring is 1. The van der Waals surface area contributed by atoms with Crippen molar-refractivity contribution in [2.45, 2.75) is 13.3 Å². The third-order valence-electron chi connectivity index (χ3n) is 1.72. The minimum Gasteiger partial charge on any atom is -0.384 e. The van der Waals surface area contributed by atoms with Gasteiger partial charge in [0.25, 0.3) is 0 Å². The van der Waals surface area contributed by atoms with Crippen LogP contribution in [0, 0.1) is 5.41 Å². The smallest absolute Gasteiger partial charge is 0.145 e. The summed E-state index contributed by atoms with van der Waals surface area (Å²) in [7, 11) is 0. The molecule has 0 amide bonds. The number of anilines is 1. The number of hydrogen-bond acceptors (Lipinski definition) is 3. The number of rotatable bonds is 4. The summed E-state index contributed by atoms with van der Waals surface area (Å²) >= 11 is 5.99. The molecule has 0 aliphatic rings. The van der Waals surface area contributed by atoms with E-state index in [4.69, 9.17) is 22.7 Å². The van der Waals surface area contributed by atoms with E-state index in [0.29, 0.717) is 16.4 Å². The highest BCUT2D eigenvalue weighted by molar-refractivity contribution is 6.36. The highest BCUT2D eigenvalue weighted by Gasteiger charge is 2.08. The minimum absolute atomic E-state index is 0.0445. The Morgan fingerprint density at radius 3 is 3.00 bits per heavy atom. The average molecular weight is 213 g/mol. The van der Waals surface area contributed by atoms with Gasteiger partial charge in [-0.2, -0.15) is 0 Å². The number of nitrogens with two attached hydrogens (primary N) is 1. The van der Waals surface area contributed by atoms with Crippen molar-refractivity contribution in [3.8, 4) is 0 Å². The number of pyridine rings is 1. The number of nitrogens with zero attached hydrogens (tertiary/aromatic N) is 1. The summed E-state index contributed by atoms with van der Waals surface area (Å²) in [6.07, 6.45) is 2.57. The fraction of sp³-hybridized carbons (Fsp3) is 0.333. The molecule has 0 aliphatic heterocycles. The first-order valence-electron chi connectivity index (χ1n) is 4.39. The van der Waals surface area contributed by atoms with E-state index in [2.05, 4.69) is 17.2 Å². The molecule has 0 unspecified atom stereocenters. The fourth-order valence-corrected chi connectivity index (χ4v) is 1.30. The van der Waals surface area contributed by atoms with Gasteiger partial charge in [-0.1, -0.05) is 18.5 Å². The standard InChI is InChI=1S/C9H13ClN4/c1-2-4-13-9-7(10)6(8(11)12)3-5-14-9/h3,5H,2,4H2,1H3,(H3,11,12)(H,13,14). The van der Waals surface area contributed by atoms with Crippen LogP contribution in [0.25, 0.3) is 0 Å². The van der Waals surface area contributed by atoms with Gasteiger partial charge in [-0.25, -0.2) is 4.98 Å². The lowest BCUT2D eigenvalue weighted by atomic mass is 10.2. The lowest BCUT2D eigenvalue weighted by Gasteiger charge is -2.08. The molecule has 1 rings (SSSR count). The molecule has 0 aliphatic carbocycles. The summed E-state index contributed by atoms with van der Waals surface area (Å²) in [5.41, 5.74) is 5.87. The zero-order chi connectivity index (χ0) is 10.6. The van der Waals surface area contributed by atoms with Crippen LogP contribution in [-0.4, -0.2) is 17.4 Å². The molecule has 0 saturated heterocycles. The first-order valence-corrected chi connectivity index (χ1v) is 4.77. The van der Waals surface area contributed by atoms with E-state index in [0.717, 1.165) is 13.0 Å². The van der Waals surface area contributed by atoms with Crippen LogP contribution in [0.5, 0.6) is 0 Å². The predicted octanol–water partition coefficient (Wildman–Crippen LogP) is 1.84. The maximum Gasteiger partial charge on any atom is 0.145 e. The number of halogens is 1. The van der Waals surface area contributed by atoms with E-state index in [9.17, 15) is 0 Å². The number of amidine groups is 1. The molecule has 0 atom stereocenters. The van der Waals surface area contributed by atoms with Crippen molar-refractivity contribution in [3.05, 3.63) is 22.8 Å². The van der Waals surface area contributed by atoms with Crippen molar-refractivity contribution in [1.29, 1.82) is 5.41 Å². The van der Waals surface area contributed by atoms with Gasteiger partial charge in [-0.05, 0) is 12.5 Å². The third kappa shape index (κ3) is 2.35. The second-order valence-corrected chi connectivity index (χ2v) is 3.24. The molecule has 4 N–H and O–H groups in total. The zero-order valence-electron chi connectivity index (χ0n) is 7.97. The monoisotopic (exact) mass is 212 g/mol. The molecule has 0 spiro atoms. The van der Waals surface area contributed by atoms with E-state index in [1.54, 1.807) is 12.3 Å². The first-order chi connectivity index (χ1) is 6.66. The Morgan fingerprint density at radius 2 is 2.43 bits per heavy atom. The van der Waals surface area contributed by atoms with Crippen molar-refractivity contribution < 1.29 is 0 Å². The normalized spacial score (nSPS) is 9.86. The van der Waals surface area contributed by atoms with Gasteiger partial charge in [0.15, 0.2) is 0 Å². The van der Waals surface area contributed by atoms with Crippen molar-refractivity contribution in [3.63, 3.8) is 0 Å². The van der Waals surface area contributed by atoms with Crippen LogP contribution in [0.2, 0.25) is 5.02 Å². The Bertz CT molecular complexity index is 338. The van der Waals surface area contributed by atoms with Gasteiger partial charge >= 0.3 is 0 Å². The molecule has 1 aromatic heterocycles. The molecule has 14 heavy (non-hydrogen) atoms. The van der Waals surface area contributed by atoms with Crippen molar-refractivity contribution in [2.75, 3.05) is 11.9 Å². The Balaban J connectivity index is 2.95. The van der Waals surface area contributed by atoms with Crippen molar-refractivity contribution >= 4 is 23.3 Å². The summed E-state index contributed by atoms with van der Waals surface area (Å²) in [6, 6.07) is 1.63. The van der Waals surface area contributed by atoms with E-state index < -0.39 is 0 Å². The van der Waals surface area contributed by atoms with Crippen LogP contribution in [0.3, 0.4) is 0 Å². The molecule has 0 radical (unpaired) electrons. The molecule has 4 nitrogen and oxygen atoms in total. The molecule has 0 saturated carbocycles. The van der Waals surface area contributed by atoms with Gasteiger partial charge < -0.3 is 11.1 Å². The van der Waals surface area contributed by atoms with Gasteiger partial charge in [0.2, 0.25) is 0 Å². The largest absolute Gasteiger partial charge is 0.384 e. The van der Waals surface area contributed by atoms with Gasteiger partial charge in [0, 0.05) is 18.3 Å². The molecule has 76 valence electrons. The zero-order valence-corrected chi connectivity index (χ0v) is 8.73. The quantitative estimate of drug-likeness (QED) is 0.527. The van der Waals surface area contributed by atoms with Crippen molar-refractivity contribution in [1.82, 2.24) is 4.98 Å². The summed E-state index contributed by atoms with van der Waals surface area (Å²) in [5, 5.41) is 10.8. The molecule has 1 heterocycles. The number of nitrogens with one attached hydrogen (secondary N) is 2. The van der Waals surface area contributed by atoms with E-state index in [1.165, 1.54) is 0 Å². The molecular weight excluding hydrogens is 200 g/mol. The van der Waals surface area contributed by atoms with Crippen LogP contribution in [-0.2, 0) is 0 Å². The highest BCUT2D eigenvalue weighted by Crippen LogP contribution is 2.22. The Labute approximate surface area is 88.0 Å². The molecule has 0 bridgehead atoms. The number of hydrogen-bond donors (Lipinski definition) is 3. The van der Waals surface area contributed by atoms with E-state index >= 15 is 0 Å². The summed E-state index contributed by atoms with van der Waals surface area (Å²) in [5.74, 6) is 0.540. The van der Waals surface area contributed by atoms with Crippen LogP contribution in [0.15, 0.2) is 12.3 Å². The molecule has 5 heteroatoms. The van der Waals surface area contributed by atoms with Crippen LogP contribution < -0.4 is 11.1 Å². The summed E-state index contributed by atoms with van der Waals surface area (Å²) in [4.78, 5) is 4.06. The maximum atomic E-state index is 7.29. The second kappa shape index (κ2) is 4.81. The molecule has 0 aromatic carbocycles. The third-order valence-corrected chi connectivity index (χ3v) is 2.10. The van der Waals surface area contributed by atoms with Crippen LogP contribution in [0.4, 0.5) is 5.82 Å². The summed E-state index contributed by atoms with van der Waals surface area (Å²) < 4.78 is 0. The van der Waals surface area contributed by atoms with Crippen LogP contribution in [0.1, 0.15) is 18.9 Å². The lowest BCUT2D eigenvalue weighted by molar-refractivity contribution is 0.969. The van der Waals surface area contributed by atoms with Gasteiger partial charge in [0.05, 0.1) is 5.02 Å². The minimum atomic E-state index is -0.0445. The lowest BCUT2D eigenvalue weighted by Crippen LogP contribution is -2.13. The first kappa shape index (κ1) is 10.8. The van der Waals surface area contributed by atoms with Crippen molar-refractivity contribution in [2.24, 2.45) is 5.73 Å². The fourth-order valence-electron chi connectivity index (χ4n) is 1.02. The summed E-state index contributed by atoms with van der Waals surface area (Å²) in [6.45, 7) is 2.85. The topological polar surface area (TPSA) is 74.8 Å². The average Bonchev–Trinajstić information content (AvgIpc) is 2.16. The Hall–Kier alpha value is -1.29.